The van der Waals surface area contributed by atoms with E-state index < -0.39 is 0 Å². The van der Waals surface area contributed by atoms with Gasteiger partial charge in [-0.2, -0.15) is 0 Å². The van der Waals surface area contributed by atoms with Crippen molar-refractivity contribution in [1.29, 1.82) is 0 Å². The average Bonchev–Trinajstić information content (AvgIpc) is 2.81. The second kappa shape index (κ2) is 12.1. The summed E-state index contributed by atoms with van der Waals surface area (Å²) in [5, 5.41) is 17.4. The van der Waals surface area contributed by atoms with E-state index in [4.69, 9.17) is 0 Å². The molecule has 1 aromatic heterocycles. The predicted molar refractivity (Wildman–Crippen MR) is 143 cm³/mol. The molecule has 2 heterocycles. The third kappa shape index (κ3) is 6.54. The van der Waals surface area contributed by atoms with Crippen LogP contribution in [0, 0.1) is 5.82 Å². The van der Waals surface area contributed by atoms with Crippen LogP contribution in [0.2, 0.25) is 0 Å². The molecular formula is C25H31FIN5O. The zero-order chi connectivity index (χ0) is 22.3. The molecular weight excluding hydrogens is 532 g/mol. The Morgan fingerprint density at radius 2 is 1.94 bits per heavy atom. The molecule has 0 radical (unpaired) electrons. The summed E-state index contributed by atoms with van der Waals surface area (Å²) in [6.45, 7) is 5.09. The van der Waals surface area contributed by atoms with Gasteiger partial charge < -0.3 is 20.6 Å². The van der Waals surface area contributed by atoms with Crippen LogP contribution in [0.15, 0.2) is 59.7 Å². The molecule has 8 heteroatoms. The lowest BCUT2D eigenvalue weighted by molar-refractivity contribution is 0.145. The van der Waals surface area contributed by atoms with Gasteiger partial charge in [-0.25, -0.2) is 9.38 Å². The molecule has 0 saturated carbocycles. The van der Waals surface area contributed by atoms with Crippen molar-refractivity contribution in [3.8, 4) is 0 Å². The van der Waals surface area contributed by atoms with Crippen molar-refractivity contribution in [2.24, 2.45) is 4.99 Å². The topological polar surface area (TPSA) is 72.8 Å². The van der Waals surface area contributed by atoms with Gasteiger partial charge in [0, 0.05) is 37.8 Å². The van der Waals surface area contributed by atoms with Crippen LogP contribution in [0.4, 0.5) is 10.1 Å². The van der Waals surface area contributed by atoms with E-state index >= 15 is 0 Å². The third-order valence-electron chi connectivity index (χ3n) is 5.77. The van der Waals surface area contributed by atoms with E-state index in [0.717, 1.165) is 28.6 Å². The number of nitrogens with zero attached hydrogens (tertiary/aromatic N) is 3. The van der Waals surface area contributed by atoms with Gasteiger partial charge in [-0.15, -0.1) is 24.0 Å². The fourth-order valence-corrected chi connectivity index (χ4v) is 4.01. The van der Waals surface area contributed by atoms with Gasteiger partial charge in [0.25, 0.3) is 0 Å². The monoisotopic (exact) mass is 563 g/mol. The molecule has 4 rings (SSSR count). The first-order valence-corrected chi connectivity index (χ1v) is 11.2. The van der Waals surface area contributed by atoms with Crippen LogP contribution < -0.4 is 15.5 Å². The first-order valence-electron chi connectivity index (χ1n) is 11.2. The van der Waals surface area contributed by atoms with Crippen molar-refractivity contribution < 1.29 is 9.50 Å². The summed E-state index contributed by atoms with van der Waals surface area (Å²) in [5.41, 5.74) is 3.52. The second-order valence-electron chi connectivity index (χ2n) is 8.04. The van der Waals surface area contributed by atoms with Gasteiger partial charge in [-0.1, -0.05) is 24.3 Å². The summed E-state index contributed by atoms with van der Waals surface area (Å²) in [6, 6.07) is 15.4. The molecule has 6 nitrogen and oxygen atoms in total. The van der Waals surface area contributed by atoms with Crippen molar-refractivity contribution >= 4 is 46.5 Å². The van der Waals surface area contributed by atoms with E-state index in [0.29, 0.717) is 50.7 Å². The number of hydrogen-bond acceptors (Lipinski definition) is 4. The number of aliphatic imine (C=N–C) groups is 1. The Labute approximate surface area is 211 Å². The molecule has 1 fully saturated rings. The zero-order valence-electron chi connectivity index (χ0n) is 18.8. The highest BCUT2D eigenvalue weighted by Crippen LogP contribution is 2.24. The van der Waals surface area contributed by atoms with Gasteiger partial charge in [0.1, 0.15) is 5.82 Å². The van der Waals surface area contributed by atoms with E-state index in [1.807, 2.05) is 54.4 Å². The molecule has 0 unspecified atom stereocenters. The minimum Gasteiger partial charge on any atom is -0.393 e. The highest BCUT2D eigenvalue weighted by Gasteiger charge is 2.19. The number of nitrogens with one attached hydrogen (secondary N) is 2. The Morgan fingerprint density at radius 1 is 1.15 bits per heavy atom. The number of aliphatic hydroxyl groups is 1. The predicted octanol–water partition coefficient (Wildman–Crippen LogP) is 4.21. The van der Waals surface area contributed by atoms with Crippen LogP contribution in [0.5, 0.6) is 0 Å². The zero-order valence-corrected chi connectivity index (χ0v) is 21.1. The summed E-state index contributed by atoms with van der Waals surface area (Å²) in [5.74, 6) is 0.443. The van der Waals surface area contributed by atoms with Crippen molar-refractivity contribution in [3.05, 3.63) is 71.7 Å². The lowest BCUT2D eigenvalue weighted by Gasteiger charge is -2.31. The van der Waals surface area contributed by atoms with E-state index in [1.165, 1.54) is 0 Å². The number of aliphatic hydroxyl groups excluding tert-OH is 1. The maximum Gasteiger partial charge on any atom is 0.191 e. The fraction of sp³-hybridized carbons (Fsp3) is 0.360. The highest BCUT2D eigenvalue weighted by atomic mass is 127. The molecule has 33 heavy (non-hydrogen) atoms. The third-order valence-corrected chi connectivity index (χ3v) is 5.77. The molecule has 3 aromatic rings. The molecule has 1 aliphatic heterocycles. The molecule has 0 bridgehead atoms. The first-order chi connectivity index (χ1) is 15.6. The largest absolute Gasteiger partial charge is 0.393 e. The molecule has 0 amide bonds. The molecule has 3 N–H and O–H groups in total. The quantitative estimate of drug-likeness (QED) is 0.238. The molecule has 1 aliphatic rings. The summed E-state index contributed by atoms with van der Waals surface area (Å²) in [7, 11) is 0. The number of hydrogen-bond donors (Lipinski definition) is 3. The molecule has 2 aromatic carbocycles. The smallest absolute Gasteiger partial charge is 0.191 e. The maximum atomic E-state index is 14.7. The number of halogens is 2. The van der Waals surface area contributed by atoms with Crippen molar-refractivity contribution in [3.63, 3.8) is 0 Å². The number of rotatable bonds is 6. The highest BCUT2D eigenvalue weighted by molar-refractivity contribution is 14.0. The van der Waals surface area contributed by atoms with Gasteiger partial charge in [0.05, 0.1) is 23.9 Å². The summed E-state index contributed by atoms with van der Waals surface area (Å²) < 4.78 is 14.7. The number of fused-ring (bicyclic) bond motifs is 1. The lowest BCUT2D eigenvalue weighted by Crippen LogP contribution is -2.37. The number of benzene rings is 2. The number of guanidine groups is 1. The van der Waals surface area contributed by atoms with Crippen LogP contribution in [-0.2, 0) is 13.1 Å². The minimum atomic E-state index is -0.273. The first kappa shape index (κ1) is 25.2. The lowest BCUT2D eigenvalue weighted by atomic mass is 10.1. The minimum absolute atomic E-state index is 0. The standard InChI is InChI=1S/C25H30FN5O.HI/c1-2-27-25(30-17-19-9-12-28-23-6-4-3-5-21(19)23)29-16-18-7-8-24(22(26)15-18)31-13-10-20(32)11-14-31;/h3-9,12,15,20,32H,2,10-11,13-14,16-17H2,1H3,(H2,27,29,30);1H. The fourth-order valence-electron chi connectivity index (χ4n) is 4.01. The SMILES string of the molecule is CCNC(=NCc1ccc(N2CCC(O)CC2)c(F)c1)NCc1ccnc2ccccc12.I. The number of piperidine rings is 1. The van der Waals surface area contributed by atoms with Gasteiger partial charge in [-0.3, -0.25) is 4.98 Å². The second-order valence-corrected chi connectivity index (χ2v) is 8.04. The number of aromatic nitrogens is 1. The number of para-hydroxylation sites is 1. The van der Waals surface area contributed by atoms with Crippen molar-refractivity contribution in [2.75, 3.05) is 24.5 Å². The van der Waals surface area contributed by atoms with E-state index in [1.54, 1.807) is 6.07 Å². The molecule has 1 saturated heterocycles. The van der Waals surface area contributed by atoms with Crippen LogP contribution in [0.25, 0.3) is 10.9 Å². The van der Waals surface area contributed by atoms with Crippen molar-refractivity contribution in [2.45, 2.75) is 39.0 Å². The van der Waals surface area contributed by atoms with Gasteiger partial charge >= 0.3 is 0 Å². The number of pyridine rings is 1. The Morgan fingerprint density at radius 3 is 2.70 bits per heavy atom. The van der Waals surface area contributed by atoms with Crippen LogP contribution >= 0.6 is 24.0 Å². The maximum absolute atomic E-state index is 14.7. The average molecular weight is 563 g/mol. The van der Waals surface area contributed by atoms with Gasteiger partial charge in [0.15, 0.2) is 5.96 Å². The molecule has 176 valence electrons. The molecule has 0 aliphatic carbocycles. The Bertz CT molecular complexity index is 1080. The Balaban J connectivity index is 0.00000306. The van der Waals surface area contributed by atoms with E-state index in [-0.39, 0.29) is 35.9 Å². The summed E-state index contributed by atoms with van der Waals surface area (Å²) in [4.78, 5) is 11.0. The summed E-state index contributed by atoms with van der Waals surface area (Å²) in [6.07, 6.45) is 2.90. The number of anilines is 1. The van der Waals surface area contributed by atoms with Gasteiger partial charge in [0.2, 0.25) is 0 Å². The van der Waals surface area contributed by atoms with Crippen LogP contribution in [-0.4, -0.2) is 41.8 Å². The van der Waals surface area contributed by atoms with E-state index in [2.05, 4.69) is 26.7 Å². The van der Waals surface area contributed by atoms with E-state index in [9.17, 15) is 9.50 Å². The van der Waals surface area contributed by atoms with Gasteiger partial charge in [-0.05, 0) is 55.2 Å². The molecule has 0 atom stereocenters. The molecule has 0 spiro atoms. The van der Waals surface area contributed by atoms with Crippen molar-refractivity contribution in [1.82, 2.24) is 15.6 Å². The van der Waals surface area contributed by atoms with Crippen LogP contribution in [0.3, 0.4) is 0 Å². The Hall–Kier alpha value is -2.46. The normalized spacial score (nSPS) is 14.8. The Kier molecular flexibility index (Phi) is 9.25. The van der Waals surface area contributed by atoms with Crippen LogP contribution in [0.1, 0.15) is 30.9 Å². The summed E-state index contributed by atoms with van der Waals surface area (Å²) >= 11 is 0.